The van der Waals surface area contributed by atoms with Crippen LogP contribution >= 0.6 is 11.3 Å². The van der Waals surface area contributed by atoms with Crippen LogP contribution in [0.25, 0.3) is 0 Å². The van der Waals surface area contributed by atoms with Crippen molar-refractivity contribution in [1.82, 2.24) is 15.2 Å². The van der Waals surface area contributed by atoms with Crippen molar-refractivity contribution in [2.45, 2.75) is 65.0 Å². The van der Waals surface area contributed by atoms with Gasteiger partial charge in [-0.25, -0.2) is 4.98 Å². The van der Waals surface area contributed by atoms with Gasteiger partial charge in [-0.1, -0.05) is 27.2 Å². The fourth-order valence-corrected chi connectivity index (χ4v) is 4.24. The Morgan fingerprint density at radius 1 is 1.43 bits per heavy atom. The minimum atomic E-state index is 0.349. The SMILES string of the molecule is CCC1CN(C(=O)C2CC2)CCC1NCc1csc(C(C)C)n1. The number of amides is 1. The van der Waals surface area contributed by atoms with Gasteiger partial charge in [0.05, 0.1) is 10.7 Å². The molecular weight excluding hydrogens is 306 g/mol. The molecular formula is C18H29N3OS. The average Bonchev–Trinajstić information content (AvgIpc) is 3.29. The van der Waals surface area contributed by atoms with Crippen LogP contribution in [-0.2, 0) is 11.3 Å². The van der Waals surface area contributed by atoms with E-state index in [-0.39, 0.29) is 0 Å². The highest BCUT2D eigenvalue weighted by Crippen LogP contribution is 2.33. The molecule has 2 atom stereocenters. The largest absolute Gasteiger partial charge is 0.342 e. The second kappa shape index (κ2) is 7.31. The molecule has 2 unspecified atom stereocenters. The fraction of sp³-hybridized carbons (Fsp3) is 0.778. The van der Waals surface area contributed by atoms with Crippen LogP contribution in [0.15, 0.2) is 5.38 Å². The van der Waals surface area contributed by atoms with E-state index in [2.05, 4.69) is 36.4 Å². The number of piperidine rings is 1. The number of likely N-dealkylation sites (tertiary alicyclic amines) is 1. The van der Waals surface area contributed by atoms with Crippen molar-refractivity contribution >= 4 is 17.2 Å². The Morgan fingerprint density at radius 2 is 2.22 bits per heavy atom. The van der Waals surface area contributed by atoms with E-state index in [0.29, 0.717) is 29.7 Å². The number of nitrogens with one attached hydrogen (secondary N) is 1. The van der Waals surface area contributed by atoms with Gasteiger partial charge in [0.2, 0.25) is 5.91 Å². The third-order valence-electron chi connectivity index (χ3n) is 5.11. The molecule has 1 amide bonds. The molecule has 1 aliphatic heterocycles. The molecule has 2 fully saturated rings. The molecule has 2 aliphatic rings. The summed E-state index contributed by atoms with van der Waals surface area (Å²) >= 11 is 1.76. The van der Waals surface area contributed by atoms with Gasteiger partial charge in [-0.2, -0.15) is 0 Å². The molecule has 0 spiro atoms. The molecule has 1 aliphatic carbocycles. The topological polar surface area (TPSA) is 45.2 Å². The van der Waals surface area contributed by atoms with Crippen molar-refractivity contribution < 1.29 is 4.79 Å². The van der Waals surface area contributed by atoms with Gasteiger partial charge >= 0.3 is 0 Å². The zero-order valence-corrected chi connectivity index (χ0v) is 15.4. The fourth-order valence-electron chi connectivity index (χ4n) is 3.41. The van der Waals surface area contributed by atoms with Crippen LogP contribution in [0.2, 0.25) is 0 Å². The smallest absolute Gasteiger partial charge is 0.225 e. The van der Waals surface area contributed by atoms with Gasteiger partial charge in [-0.15, -0.1) is 11.3 Å². The predicted octanol–water partition coefficient (Wildman–Crippen LogP) is 3.39. The molecule has 1 saturated heterocycles. The Morgan fingerprint density at radius 3 is 2.83 bits per heavy atom. The zero-order chi connectivity index (χ0) is 16.4. The summed E-state index contributed by atoms with van der Waals surface area (Å²) in [5.41, 5.74) is 1.16. The number of carbonyl (C=O) groups excluding carboxylic acids is 1. The van der Waals surface area contributed by atoms with Crippen molar-refractivity contribution in [3.8, 4) is 0 Å². The van der Waals surface area contributed by atoms with E-state index < -0.39 is 0 Å². The van der Waals surface area contributed by atoms with Crippen LogP contribution in [-0.4, -0.2) is 34.9 Å². The van der Waals surface area contributed by atoms with Gasteiger partial charge in [0, 0.05) is 42.9 Å². The van der Waals surface area contributed by atoms with E-state index >= 15 is 0 Å². The van der Waals surface area contributed by atoms with Gasteiger partial charge in [0.15, 0.2) is 0 Å². The first-order chi connectivity index (χ1) is 11.1. The molecule has 128 valence electrons. The zero-order valence-electron chi connectivity index (χ0n) is 14.5. The average molecular weight is 336 g/mol. The lowest BCUT2D eigenvalue weighted by Gasteiger charge is -2.39. The van der Waals surface area contributed by atoms with E-state index in [4.69, 9.17) is 4.98 Å². The summed E-state index contributed by atoms with van der Waals surface area (Å²) in [6.45, 7) is 9.31. The molecule has 4 nitrogen and oxygen atoms in total. The minimum absolute atomic E-state index is 0.349. The molecule has 5 heteroatoms. The van der Waals surface area contributed by atoms with Gasteiger partial charge in [0.25, 0.3) is 0 Å². The van der Waals surface area contributed by atoms with E-state index in [1.54, 1.807) is 11.3 Å². The number of hydrogen-bond acceptors (Lipinski definition) is 4. The van der Waals surface area contributed by atoms with Gasteiger partial charge in [-0.3, -0.25) is 4.79 Å². The van der Waals surface area contributed by atoms with Crippen molar-refractivity contribution in [3.63, 3.8) is 0 Å². The molecule has 1 aromatic rings. The molecule has 1 aromatic heterocycles. The Kier molecular flexibility index (Phi) is 5.37. The Bertz CT molecular complexity index is 538. The summed E-state index contributed by atoms with van der Waals surface area (Å²) in [5, 5.41) is 7.10. The van der Waals surface area contributed by atoms with E-state index in [0.717, 1.165) is 51.0 Å². The summed E-state index contributed by atoms with van der Waals surface area (Å²) in [6.07, 6.45) is 4.41. The second-order valence-electron chi connectivity index (χ2n) is 7.33. The first-order valence-corrected chi connectivity index (χ1v) is 9.93. The molecule has 0 aromatic carbocycles. The maximum Gasteiger partial charge on any atom is 0.225 e. The molecule has 1 saturated carbocycles. The minimum Gasteiger partial charge on any atom is -0.342 e. The van der Waals surface area contributed by atoms with Crippen molar-refractivity contribution in [2.24, 2.45) is 11.8 Å². The Hall–Kier alpha value is -0.940. The molecule has 23 heavy (non-hydrogen) atoms. The lowest BCUT2D eigenvalue weighted by Crippen LogP contribution is -2.51. The van der Waals surface area contributed by atoms with E-state index in [9.17, 15) is 4.79 Å². The molecule has 3 rings (SSSR count). The van der Waals surface area contributed by atoms with Crippen molar-refractivity contribution in [3.05, 3.63) is 16.1 Å². The lowest BCUT2D eigenvalue weighted by molar-refractivity contribution is -0.134. The number of aromatic nitrogens is 1. The van der Waals surface area contributed by atoms with Crippen LogP contribution in [0.5, 0.6) is 0 Å². The van der Waals surface area contributed by atoms with Crippen LogP contribution in [0.3, 0.4) is 0 Å². The number of thiazole rings is 1. The van der Waals surface area contributed by atoms with Crippen LogP contribution in [0.4, 0.5) is 0 Å². The van der Waals surface area contributed by atoms with Gasteiger partial charge in [0.1, 0.15) is 0 Å². The number of carbonyl (C=O) groups is 1. The Labute approximate surface area is 143 Å². The molecule has 1 N–H and O–H groups in total. The quantitative estimate of drug-likeness (QED) is 0.867. The van der Waals surface area contributed by atoms with E-state index in [1.165, 1.54) is 5.01 Å². The summed E-state index contributed by atoms with van der Waals surface area (Å²) < 4.78 is 0. The number of nitrogens with zero attached hydrogens (tertiary/aromatic N) is 2. The van der Waals surface area contributed by atoms with Crippen molar-refractivity contribution in [1.29, 1.82) is 0 Å². The lowest BCUT2D eigenvalue weighted by atomic mass is 9.89. The molecule has 0 bridgehead atoms. The summed E-state index contributed by atoms with van der Waals surface area (Å²) in [7, 11) is 0. The van der Waals surface area contributed by atoms with Crippen LogP contribution < -0.4 is 5.32 Å². The summed E-state index contributed by atoms with van der Waals surface area (Å²) in [4.78, 5) is 19.1. The Balaban J connectivity index is 1.52. The highest BCUT2D eigenvalue weighted by molar-refractivity contribution is 7.09. The third kappa shape index (κ3) is 4.13. The van der Waals surface area contributed by atoms with Crippen LogP contribution in [0, 0.1) is 11.8 Å². The maximum atomic E-state index is 12.3. The maximum absolute atomic E-state index is 12.3. The third-order valence-corrected chi connectivity index (χ3v) is 6.30. The van der Waals surface area contributed by atoms with Gasteiger partial charge in [-0.05, 0) is 25.2 Å². The van der Waals surface area contributed by atoms with Crippen LogP contribution in [0.1, 0.15) is 63.1 Å². The number of rotatable bonds is 6. The van der Waals surface area contributed by atoms with Gasteiger partial charge < -0.3 is 10.2 Å². The van der Waals surface area contributed by atoms with E-state index in [1.807, 2.05) is 0 Å². The molecule has 2 heterocycles. The van der Waals surface area contributed by atoms with Crippen molar-refractivity contribution in [2.75, 3.05) is 13.1 Å². The highest BCUT2D eigenvalue weighted by Gasteiger charge is 2.37. The first kappa shape index (κ1) is 16.9. The summed E-state index contributed by atoms with van der Waals surface area (Å²) in [5.74, 6) is 1.83. The second-order valence-corrected chi connectivity index (χ2v) is 8.22. The first-order valence-electron chi connectivity index (χ1n) is 9.05. The highest BCUT2D eigenvalue weighted by atomic mass is 32.1. The monoisotopic (exact) mass is 335 g/mol. The summed E-state index contributed by atoms with van der Waals surface area (Å²) in [6, 6.07) is 0.507. The standard InChI is InChI=1S/C18H29N3OS/c1-4-13-10-21(18(22)14-5-6-14)8-7-16(13)19-9-15-11-23-17(20-15)12(2)3/h11-14,16,19H,4-10H2,1-3H3. The predicted molar refractivity (Wildman–Crippen MR) is 94.5 cm³/mol. The number of hydrogen-bond donors (Lipinski definition) is 1. The molecule has 0 radical (unpaired) electrons. The normalized spacial score (nSPS) is 25.1.